The van der Waals surface area contributed by atoms with Crippen LogP contribution in [0.15, 0.2) is 24.3 Å². The minimum atomic E-state index is -0.891. The fourth-order valence-corrected chi connectivity index (χ4v) is 3.60. The van der Waals surface area contributed by atoms with E-state index in [4.69, 9.17) is 4.74 Å². The molecule has 1 saturated heterocycles. The predicted molar refractivity (Wildman–Crippen MR) is 86.8 cm³/mol. The number of hydrogen-bond donors (Lipinski definition) is 1. The van der Waals surface area contributed by atoms with Crippen molar-refractivity contribution in [3.8, 4) is 0 Å². The lowest BCUT2D eigenvalue weighted by molar-refractivity contribution is -0.149. The molecular weight excluding hydrogens is 327 g/mol. The van der Waals surface area contributed by atoms with Gasteiger partial charge in [0.2, 0.25) is 0 Å². The molecule has 0 aromatic heterocycles. The van der Waals surface area contributed by atoms with E-state index in [2.05, 4.69) is 5.32 Å². The number of imide groups is 1. The highest BCUT2D eigenvalue weighted by atomic mass is 19.1. The van der Waals surface area contributed by atoms with E-state index in [1.807, 2.05) is 6.92 Å². The monoisotopic (exact) mass is 348 g/mol. The average Bonchev–Trinajstić information content (AvgIpc) is 2.81. The highest BCUT2D eigenvalue weighted by Crippen LogP contribution is 2.38. The Bertz CT molecular complexity index is 708. The van der Waals surface area contributed by atoms with Gasteiger partial charge in [-0.15, -0.1) is 0 Å². The van der Waals surface area contributed by atoms with E-state index in [0.717, 1.165) is 24.2 Å². The molecule has 2 fully saturated rings. The molecule has 0 radical (unpaired) electrons. The second-order valence-corrected chi connectivity index (χ2v) is 6.73. The molecule has 1 spiro atoms. The zero-order valence-corrected chi connectivity index (χ0v) is 14.1. The molecule has 1 aliphatic heterocycles. The van der Waals surface area contributed by atoms with Crippen molar-refractivity contribution in [3.63, 3.8) is 0 Å². The number of esters is 1. The number of halogens is 1. The molecule has 134 valence electrons. The van der Waals surface area contributed by atoms with Gasteiger partial charge in [0.25, 0.3) is 5.91 Å². The maximum absolute atomic E-state index is 13.1. The number of urea groups is 1. The van der Waals surface area contributed by atoms with Crippen molar-refractivity contribution in [1.82, 2.24) is 10.2 Å². The molecule has 3 amide bonds. The Morgan fingerprint density at radius 1 is 1.40 bits per heavy atom. The molecule has 7 heteroatoms. The first kappa shape index (κ1) is 17.4. The molecule has 1 N–H and O–H groups in total. The first-order valence-corrected chi connectivity index (χ1v) is 8.46. The van der Waals surface area contributed by atoms with E-state index in [-0.39, 0.29) is 18.4 Å². The maximum Gasteiger partial charge on any atom is 0.326 e. The molecule has 6 nitrogen and oxygen atoms in total. The van der Waals surface area contributed by atoms with Crippen LogP contribution in [0.2, 0.25) is 0 Å². The fraction of sp³-hybridized carbons (Fsp3) is 0.500. The summed E-state index contributed by atoms with van der Waals surface area (Å²) < 4.78 is 18.2. The number of amides is 3. The van der Waals surface area contributed by atoms with Gasteiger partial charge in [-0.2, -0.15) is 0 Å². The number of carbonyl (C=O) groups excluding carboxylic acids is 3. The van der Waals surface area contributed by atoms with Crippen LogP contribution >= 0.6 is 0 Å². The summed E-state index contributed by atoms with van der Waals surface area (Å²) in [4.78, 5) is 37.9. The van der Waals surface area contributed by atoms with Gasteiger partial charge in [0.1, 0.15) is 24.5 Å². The molecule has 0 bridgehead atoms. The molecule has 1 aliphatic carbocycles. The van der Waals surface area contributed by atoms with Gasteiger partial charge in [0, 0.05) is 0 Å². The summed E-state index contributed by atoms with van der Waals surface area (Å²) in [5.41, 5.74) is -0.388. The van der Waals surface area contributed by atoms with Crippen molar-refractivity contribution in [1.29, 1.82) is 0 Å². The van der Waals surface area contributed by atoms with E-state index < -0.39 is 29.9 Å². The van der Waals surface area contributed by atoms with E-state index in [9.17, 15) is 18.8 Å². The van der Waals surface area contributed by atoms with Gasteiger partial charge in [-0.1, -0.05) is 31.9 Å². The summed E-state index contributed by atoms with van der Waals surface area (Å²) in [6.45, 7) is 1.40. The molecule has 1 aromatic carbocycles. The summed E-state index contributed by atoms with van der Waals surface area (Å²) in [6.07, 6.45) is 3.35. The number of rotatable bonds is 4. The number of hydrogen-bond acceptors (Lipinski definition) is 4. The minimum absolute atomic E-state index is 0.0333. The van der Waals surface area contributed by atoms with Gasteiger partial charge in [-0.05, 0) is 36.5 Å². The number of benzene rings is 1. The predicted octanol–water partition coefficient (Wildman–Crippen LogP) is 2.37. The molecule has 1 aromatic rings. The van der Waals surface area contributed by atoms with Crippen LogP contribution in [-0.2, 0) is 20.9 Å². The van der Waals surface area contributed by atoms with Gasteiger partial charge in [-0.3, -0.25) is 14.5 Å². The van der Waals surface area contributed by atoms with Crippen molar-refractivity contribution in [3.05, 3.63) is 35.6 Å². The van der Waals surface area contributed by atoms with Crippen LogP contribution in [0.1, 0.15) is 38.2 Å². The molecule has 3 rings (SSSR count). The summed E-state index contributed by atoms with van der Waals surface area (Å²) in [6, 6.07) is 5.15. The molecular formula is C18H21FN2O4. The van der Waals surface area contributed by atoms with Crippen molar-refractivity contribution >= 4 is 17.9 Å². The minimum Gasteiger partial charge on any atom is -0.459 e. The first-order valence-electron chi connectivity index (χ1n) is 8.46. The zero-order chi connectivity index (χ0) is 18.0. The smallest absolute Gasteiger partial charge is 0.326 e. The molecule has 25 heavy (non-hydrogen) atoms. The topological polar surface area (TPSA) is 75.7 Å². The van der Waals surface area contributed by atoms with E-state index >= 15 is 0 Å². The van der Waals surface area contributed by atoms with Gasteiger partial charge >= 0.3 is 12.0 Å². The molecule has 2 atom stereocenters. The Morgan fingerprint density at radius 3 is 2.92 bits per heavy atom. The van der Waals surface area contributed by atoms with Crippen molar-refractivity contribution in [2.24, 2.45) is 5.92 Å². The summed E-state index contributed by atoms with van der Waals surface area (Å²) in [5, 5.41) is 2.79. The number of ether oxygens (including phenoxy) is 1. The maximum atomic E-state index is 13.1. The first-order chi connectivity index (χ1) is 11.9. The van der Waals surface area contributed by atoms with Crippen LogP contribution in [0.4, 0.5) is 9.18 Å². The molecule has 2 aliphatic rings. The van der Waals surface area contributed by atoms with Crippen LogP contribution in [-0.4, -0.2) is 34.9 Å². The van der Waals surface area contributed by atoms with Crippen LogP contribution < -0.4 is 5.32 Å². The molecule has 1 heterocycles. The highest BCUT2D eigenvalue weighted by molar-refractivity contribution is 6.08. The van der Waals surface area contributed by atoms with Crippen LogP contribution in [0.3, 0.4) is 0 Å². The van der Waals surface area contributed by atoms with Crippen molar-refractivity contribution < 1.29 is 23.5 Å². The third-order valence-corrected chi connectivity index (χ3v) is 5.08. The molecule has 0 unspecified atom stereocenters. The number of carbonyl (C=O) groups is 3. The van der Waals surface area contributed by atoms with Gasteiger partial charge in [-0.25, -0.2) is 9.18 Å². The third-order valence-electron chi connectivity index (χ3n) is 5.08. The quantitative estimate of drug-likeness (QED) is 0.669. The van der Waals surface area contributed by atoms with Crippen LogP contribution in [0.5, 0.6) is 0 Å². The largest absolute Gasteiger partial charge is 0.459 e. The lowest BCUT2D eigenvalue weighted by atomic mass is 9.73. The van der Waals surface area contributed by atoms with E-state index in [1.54, 1.807) is 6.07 Å². The zero-order valence-electron chi connectivity index (χ0n) is 14.1. The average molecular weight is 348 g/mol. The summed E-state index contributed by atoms with van der Waals surface area (Å²) in [5.74, 6) is -1.44. The van der Waals surface area contributed by atoms with Crippen molar-refractivity contribution in [2.45, 2.75) is 44.8 Å². The Balaban J connectivity index is 1.61. The fourth-order valence-electron chi connectivity index (χ4n) is 3.60. The lowest BCUT2D eigenvalue weighted by Crippen LogP contribution is -2.54. The summed E-state index contributed by atoms with van der Waals surface area (Å²) in [7, 11) is 0. The van der Waals surface area contributed by atoms with Crippen LogP contribution in [0, 0.1) is 11.7 Å². The third kappa shape index (κ3) is 3.36. The Hall–Kier alpha value is -2.44. The molecule has 1 saturated carbocycles. The van der Waals surface area contributed by atoms with Gasteiger partial charge in [0.05, 0.1) is 0 Å². The lowest BCUT2D eigenvalue weighted by Gasteiger charge is -2.36. The van der Waals surface area contributed by atoms with Crippen molar-refractivity contribution in [2.75, 3.05) is 6.54 Å². The Morgan fingerprint density at radius 2 is 2.20 bits per heavy atom. The Kier molecular flexibility index (Phi) is 4.74. The highest BCUT2D eigenvalue weighted by Gasteiger charge is 2.55. The number of nitrogens with zero attached hydrogens (tertiary/aromatic N) is 1. The second kappa shape index (κ2) is 6.82. The van der Waals surface area contributed by atoms with Gasteiger partial charge < -0.3 is 10.1 Å². The standard InChI is InChI=1S/C18H21FN2O4/c1-12-5-2-3-8-18(12)16(23)21(17(24)20-18)10-15(22)25-11-13-6-4-7-14(19)9-13/h4,6-7,9,12H,2-3,5,8,10-11H2,1H3,(H,20,24)/t12-,18+/m0/s1. The van der Waals surface area contributed by atoms with E-state index in [1.165, 1.54) is 18.2 Å². The van der Waals surface area contributed by atoms with Crippen LogP contribution in [0.25, 0.3) is 0 Å². The second-order valence-electron chi connectivity index (χ2n) is 6.73. The van der Waals surface area contributed by atoms with E-state index in [0.29, 0.717) is 12.0 Å². The Labute approximate surface area is 145 Å². The number of nitrogens with one attached hydrogen (secondary N) is 1. The SMILES string of the molecule is C[C@H]1CCCC[C@@]12NC(=O)N(CC(=O)OCc1cccc(F)c1)C2=O. The van der Waals surface area contributed by atoms with Gasteiger partial charge in [0.15, 0.2) is 0 Å². The normalized spacial score (nSPS) is 26.0. The summed E-state index contributed by atoms with van der Waals surface area (Å²) >= 11 is 0.